The summed E-state index contributed by atoms with van der Waals surface area (Å²) in [4.78, 5) is 11.0. The van der Waals surface area contributed by atoms with Crippen molar-refractivity contribution >= 4 is 6.29 Å². The van der Waals surface area contributed by atoms with Crippen LogP contribution in [0.1, 0.15) is 137 Å². The zero-order valence-corrected chi connectivity index (χ0v) is 44.0. The minimum Gasteiger partial charge on any atom is -0.390 e. The van der Waals surface area contributed by atoms with Crippen LogP contribution in [0.15, 0.2) is 23.8 Å². The molecule has 0 bridgehead atoms. The number of carbonyl (C=O) groups is 1. The molecule has 418 valence electrons. The monoisotopic (exact) mass is 1050 g/mol. The maximum atomic E-state index is 11.9. The number of aldehydes is 1. The molecule has 0 aromatic rings. The molecular weight excluding hydrogens is 973 g/mol. The summed E-state index contributed by atoms with van der Waals surface area (Å²) in [6.07, 6.45) is 10.2. The van der Waals surface area contributed by atoms with Gasteiger partial charge in [-0.1, -0.05) is 18.2 Å². The van der Waals surface area contributed by atoms with E-state index in [1.165, 1.54) is 0 Å². The van der Waals surface area contributed by atoms with Gasteiger partial charge in [-0.25, -0.2) is 0 Å². The Kier molecular flexibility index (Phi) is 13.9. The average Bonchev–Trinajstić information content (AvgIpc) is 3.50. The molecule has 18 heteroatoms. The van der Waals surface area contributed by atoms with Gasteiger partial charge in [0, 0.05) is 77.0 Å². The number of rotatable bonds is 4. The number of carbonyl (C=O) groups excluding carboxylic acids is 1. The third kappa shape index (κ3) is 9.61. The standard InChI is InChI=1S/C57H82O18/c1-26(25-58)7-5-6-8-28-13-34-35(63-28)15-30(60)54-48(67-34)21-43-37(72-54)16-31(61)55-49(68-43)22-45-51(73-55)24-57(4)53(71-45)12-10-33-47(75-57)20-42-39(65-33)17-41-40(66-42)18-44-50(69-41)23-56(3)52(70-44)11-9-32-46(74-56)19-38-36(64-32)14-29(59)27(2)62-38/h5-7,25,27-55,59-61H,8-24H2,1-4H3/b6-5+,26-7+/t27-,28+,29+,30+,31+,32+,33+,34+,35-,36-,37-,38+,39-,40-,41+,42+,43+,44+,45+,46-,47-,48-,49-,50-,51-,52-,53-,54+,55+,56+,57+/m1/s1. The lowest BCUT2D eigenvalue weighted by Crippen LogP contribution is -2.65. The third-order valence-corrected chi connectivity index (χ3v) is 20.6. The summed E-state index contributed by atoms with van der Waals surface area (Å²) in [6.45, 7) is 8.06. The lowest BCUT2D eigenvalue weighted by Gasteiger charge is -2.56. The van der Waals surface area contributed by atoms with E-state index in [0.29, 0.717) is 56.9 Å². The van der Waals surface area contributed by atoms with Gasteiger partial charge in [-0.05, 0) is 65.4 Å². The molecule has 0 aliphatic carbocycles. The number of fused-ring (bicyclic) bond motifs is 13. The van der Waals surface area contributed by atoms with Gasteiger partial charge in [0.15, 0.2) is 0 Å². The van der Waals surface area contributed by atoms with E-state index in [-0.39, 0.29) is 134 Å². The van der Waals surface area contributed by atoms with E-state index in [0.717, 1.165) is 64.1 Å². The van der Waals surface area contributed by atoms with Crippen LogP contribution >= 0.6 is 0 Å². The van der Waals surface area contributed by atoms with Gasteiger partial charge in [-0.15, -0.1) is 0 Å². The Balaban J connectivity index is 0.595. The number of hydrogen-bond acceptors (Lipinski definition) is 18. The highest BCUT2D eigenvalue weighted by molar-refractivity contribution is 5.72. The van der Waals surface area contributed by atoms with Gasteiger partial charge < -0.3 is 81.6 Å². The Labute approximate surface area is 440 Å². The zero-order chi connectivity index (χ0) is 51.1. The van der Waals surface area contributed by atoms with Crippen molar-refractivity contribution in [2.75, 3.05) is 0 Å². The summed E-state index contributed by atoms with van der Waals surface area (Å²) in [5, 5.41) is 33.9. The number of aliphatic hydroxyl groups excluding tert-OH is 3. The van der Waals surface area contributed by atoms with E-state index in [2.05, 4.69) is 13.8 Å². The molecule has 14 aliphatic heterocycles. The first-order valence-corrected chi connectivity index (χ1v) is 29.3. The zero-order valence-electron chi connectivity index (χ0n) is 44.0. The maximum absolute atomic E-state index is 11.9. The number of ether oxygens (including phenoxy) is 14. The summed E-state index contributed by atoms with van der Waals surface area (Å²) in [6, 6.07) is 0. The topological polar surface area (TPSA) is 207 Å². The van der Waals surface area contributed by atoms with Crippen LogP contribution in [0.4, 0.5) is 0 Å². The highest BCUT2D eigenvalue weighted by Crippen LogP contribution is 2.52. The van der Waals surface area contributed by atoms with Crippen LogP contribution in [0.5, 0.6) is 0 Å². The Morgan fingerprint density at radius 1 is 0.440 bits per heavy atom. The lowest BCUT2D eigenvalue weighted by molar-refractivity contribution is -0.329. The normalized spacial score (nSPS) is 58.2. The SMILES string of the molecule is C/C(C=O)=C\C=C\C[C@H]1C[C@@H]2O[C@@H]3C[C@@H]4O[C@@H]5C[C@@H]6O[C@@H]7CC[C@@H]8O[C@@H]9C[C@@H]%10O[C@@H]%11C[C@]%12(C)O[C@@H]%13C[C@@H]%14O[C@H](C)[C@@H](O)C[C@H]%14O[C@H]%13CC[C@H]%12O[C@H]%11C[C@H]%10O[C@H]9C[C@H]8O[C@@]7(C)C[C@H]6O[C@H]5[C@@H](O)C[C@H]4O[C@H]3[C@@H](O)C[C@H]2O1. The summed E-state index contributed by atoms with van der Waals surface area (Å²) >= 11 is 0. The highest BCUT2D eigenvalue weighted by atomic mass is 16.7. The van der Waals surface area contributed by atoms with E-state index in [9.17, 15) is 20.1 Å². The van der Waals surface area contributed by atoms with Gasteiger partial charge in [-0.3, -0.25) is 4.79 Å². The van der Waals surface area contributed by atoms with E-state index in [1.807, 2.05) is 19.1 Å². The molecule has 75 heavy (non-hydrogen) atoms. The first kappa shape index (κ1) is 51.6. The van der Waals surface area contributed by atoms with Gasteiger partial charge in [0.2, 0.25) is 0 Å². The molecule has 0 spiro atoms. The number of aliphatic hydroxyl groups is 3. The lowest BCUT2D eigenvalue weighted by atomic mass is 9.80. The van der Waals surface area contributed by atoms with Crippen molar-refractivity contribution in [3.63, 3.8) is 0 Å². The van der Waals surface area contributed by atoms with E-state index in [1.54, 1.807) is 13.0 Å². The molecule has 14 rings (SSSR count). The number of hydrogen-bond donors (Lipinski definition) is 3. The first-order chi connectivity index (χ1) is 36.2. The molecule has 14 saturated heterocycles. The molecule has 0 unspecified atom stereocenters. The fourth-order valence-corrected chi connectivity index (χ4v) is 16.7. The van der Waals surface area contributed by atoms with Crippen molar-refractivity contribution in [1.29, 1.82) is 0 Å². The molecule has 31 atom stereocenters. The molecule has 0 saturated carbocycles. The Bertz CT molecular complexity index is 2150. The summed E-state index contributed by atoms with van der Waals surface area (Å²) in [7, 11) is 0. The van der Waals surface area contributed by atoms with Gasteiger partial charge in [0.1, 0.15) is 18.5 Å². The maximum Gasteiger partial charge on any atom is 0.145 e. The average molecular weight is 1060 g/mol. The molecule has 14 heterocycles. The molecule has 0 amide bonds. The molecule has 0 aromatic heterocycles. The van der Waals surface area contributed by atoms with Gasteiger partial charge in [0.05, 0.1) is 176 Å². The molecule has 18 nitrogen and oxygen atoms in total. The minimum absolute atomic E-state index is 0.0474. The number of allylic oxidation sites excluding steroid dienone is 3. The van der Waals surface area contributed by atoms with Crippen molar-refractivity contribution in [1.82, 2.24) is 0 Å². The smallest absolute Gasteiger partial charge is 0.145 e. The van der Waals surface area contributed by atoms with E-state index in [4.69, 9.17) is 66.3 Å². The highest BCUT2D eigenvalue weighted by Gasteiger charge is 2.62. The summed E-state index contributed by atoms with van der Waals surface area (Å²) in [5.41, 5.74) is -0.511. The molecule has 14 fully saturated rings. The Morgan fingerprint density at radius 3 is 1.41 bits per heavy atom. The minimum atomic E-state index is -0.837. The van der Waals surface area contributed by atoms with Crippen LogP contribution in [-0.2, 0) is 71.1 Å². The fourth-order valence-electron chi connectivity index (χ4n) is 16.7. The quantitative estimate of drug-likeness (QED) is 0.207. The van der Waals surface area contributed by atoms with Gasteiger partial charge in [0.25, 0.3) is 0 Å². The molecule has 14 aliphatic rings. The van der Waals surface area contributed by atoms with Gasteiger partial charge in [-0.2, -0.15) is 0 Å². The molecular formula is C57H82O18. The largest absolute Gasteiger partial charge is 0.390 e. The van der Waals surface area contributed by atoms with Crippen LogP contribution in [0.2, 0.25) is 0 Å². The van der Waals surface area contributed by atoms with E-state index >= 15 is 0 Å². The summed E-state index contributed by atoms with van der Waals surface area (Å²) < 4.78 is 95.7. The second kappa shape index (κ2) is 20.2. The van der Waals surface area contributed by atoms with Crippen molar-refractivity contribution in [3.05, 3.63) is 23.8 Å². The van der Waals surface area contributed by atoms with Crippen LogP contribution in [0, 0.1) is 0 Å². The fraction of sp³-hybridized carbons (Fsp3) is 0.912. The Morgan fingerprint density at radius 2 is 0.840 bits per heavy atom. The second-order valence-corrected chi connectivity index (χ2v) is 25.8. The van der Waals surface area contributed by atoms with Crippen molar-refractivity contribution < 1.29 is 86.4 Å². The Hall–Kier alpha value is -1.53. The van der Waals surface area contributed by atoms with Crippen LogP contribution < -0.4 is 0 Å². The van der Waals surface area contributed by atoms with Gasteiger partial charge >= 0.3 is 0 Å². The molecule has 0 radical (unpaired) electrons. The predicted molar refractivity (Wildman–Crippen MR) is 262 cm³/mol. The first-order valence-electron chi connectivity index (χ1n) is 29.3. The van der Waals surface area contributed by atoms with Crippen molar-refractivity contribution in [2.45, 2.75) is 325 Å². The predicted octanol–water partition coefficient (Wildman–Crippen LogP) is 3.95. The van der Waals surface area contributed by atoms with Crippen LogP contribution in [-0.4, -0.2) is 210 Å². The second-order valence-electron chi connectivity index (χ2n) is 25.8. The molecule has 3 N–H and O–H groups in total. The van der Waals surface area contributed by atoms with E-state index < -0.39 is 53.9 Å². The van der Waals surface area contributed by atoms with Crippen molar-refractivity contribution in [2.24, 2.45) is 0 Å². The molecule has 0 aromatic carbocycles. The van der Waals surface area contributed by atoms with Crippen LogP contribution in [0.3, 0.4) is 0 Å². The summed E-state index contributed by atoms with van der Waals surface area (Å²) in [5.74, 6) is 0. The van der Waals surface area contributed by atoms with Crippen molar-refractivity contribution in [3.8, 4) is 0 Å². The van der Waals surface area contributed by atoms with Crippen LogP contribution in [0.25, 0.3) is 0 Å². The third-order valence-electron chi connectivity index (χ3n) is 20.6.